The van der Waals surface area contributed by atoms with Gasteiger partial charge in [0, 0.05) is 12.8 Å². The molecule has 0 radical (unpaired) electrons. The first kappa shape index (κ1) is 83.2. The maximum Gasteiger partial charge on any atom is 0.246 e. The molecule has 2 amide bonds. The molecule has 0 aliphatic carbocycles. The van der Waals surface area contributed by atoms with Gasteiger partial charge in [-0.3, -0.25) is 9.59 Å². The van der Waals surface area contributed by atoms with Crippen LogP contribution in [0, 0.1) is 0 Å². The number of carbonyl (C=O) groups excluding carboxylic acids is 3. The van der Waals surface area contributed by atoms with E-state index in [9.17, 15) is 80.8 Å². The summed E-state index contributed by atoms with van der Waals surface area (Å²) in [5.74, 6) is -7.00. The van der Waals surface area contributed by atoms with Gasteiger partial charge in [0.15, 0.2) is 12.6 Å². The van der Waals surface area contributed by atoms with E-state index in [2.05, 4.69) is 36.6 Å². The van der Waals surface area contributed by atoms with Crippen LogP contribution in [-0.4, -0.2) is 222 Å². The smallest absolute Gasteiger partial charge is 0.246 e. The number of carboxylic acid groups (broad SMARTS) is 1. The molecule has 25 heteroatoms. The Morgan fingerprint density at radius 1 is 0.589 bits per heavy atom. The van der Waals surface area contributed by atoms with Gasteiger partial charge in [0.25, 0.3) is 0 Å². The maximum absolute atomic E-state index is 13.4. The number of aliphatic hydroxyl groups is 12. The summed E-state index contributed by atoms with van der Waals surface area (Å²) in [4.78, 5) is 38.5. The Hall–Kier alpha value is -2.87. The van der Waals surface area contributed by atoms with Crippen LogP contribution in [0.5, 0.6) is 0 Å². The summed E-state index contributed by atoms with van der Waals surface area (Å²) in [6.45, 7) is -0.217. The molecule has 3 aliphatic rings. The normalized spacial score (nSPS) is 28.6. The Morgan fingerprint density at radius 2 is 1.07 bits per heavy atom. The fourth-order valence-electron chi connectivity index (χ4n) is 11.7. The quantitative estimate of drug-likeness (QED) is 0.0307. The van der Waals surface area contributed by atoms with Crippen molar-refractivity contribution < 1.29 is 109 Å². The van der Waals surface area contributed by atoms with E-state index in [1.165, 1.54) is 141 Å². The van der Waals surface area contributed by atoms with Crippen LogP contribution in [0.3, 0.4) is 0 Å². The molecular formula is C65H121N3O22. The highest BCUT2D eigenvalue weighted by molar-refractivity contribution is 5.78. The monoisotopic (exact) mass is 1300 g/mol. The summed E-state index contributed by atoms with van der Waals surface area (Å²) in [6.07, 6.45) is 13.8. The minimum Gasteiger partial charge on any atom is -0.544 e. The van der Waals surface area contributed by atoms with Crippen molar-refractivity contribution in [2.75, 3.05) is 33.0 Å². The van der Waals surface area contributed by atoms with Gasteiger partial charge in [-0.2, -0.15) is 0 Å². The Balaban J connectivity index is 0.0000276. The second kappa shape index (κ2) is 48.8. The molecule has 25 nitrogen and oxygen atoms in total. The fourth-order valence-corrected chi connectivity index (χ4v) is 11.7. The number of quaternary nitrogens is 1. The lowest BCUT2D eigenvalue weighted by atomic mass is 9.88. The zero-order chi connectivity index (χ0) is 65.4. The van der Waals surface area contributed by atoms with Crippen LogP contribution in [0.2, 0.25) is 0 Å². The third kappa shape index (κ3) is 30.3. The number of amides is 2. The predicted octanol–water partition coefficient (Wildman–Crippen LogP) is 3.30. The minimum atomic E-state index is -3.26. The van der Waals surface area contributed by atoms with E-state index in [-0.39, 0.29) is 18.5 Å². The van der Waals surface area contributed by atoms with Crippen LogP contribution in [0.4, 0.5) is 0 Å². The molecule has 90 heavy (non-hydrogen) atoms. The van der Waals surface area contributed by atoms with Crippen molar-refractivity contribution >= 4 is 17.8 Å². The van der Waals surface area contributed by atoms with Crippen LogP contribution in [-0.2, 0) is 42.8 Å². The van der Waals surface area contributed by atoms with Crippen LogP contribution in [0.25, 0.3) is 0 Å². The summed E-state index contributed by atoms with van der Waals surface area (Å²) in [7, 11) is 0. The number of allylic oxidation sites excluding steroid dienone is 3. The van der Waals surface area contributed by atoms with E-state index in [1.54, 1.807) is 6.08 Å². The molecule has 18 N–H and O–H groups in total. The largest absolute Gasteiger partial charge is 0.544 e. The predicted molar refractivity (Wildman–Crippen MR) is 334 cm³/mol. The van der Waals surface area contributed by atoms with Gasteiger partial charge in [-0.15, -0.1) is 0 Å². The molecule has 3 heterocycles. The summed E-state index contributed by atoms with van der Waals surface area (Å²) >= 11 is 0. The molecule has 0 aromatic heterocycles. The molecule has 0 saturated carbocycles. The van der Waals surface area contributed by atoms with Gasteiger partial charge in [-0.25, -0.2) is 0 Å². The van der Waals surface area contributed by atoms with Gasteiger partial charge in [0.05, 0.1) is 50.7 Å². The van der Waals surface area contributed by atoms with Crippen molar-refractivity contribution in [1.82, 2.24) is 16.8 Å². The molecule has 3 rings (SSSR count). The number of carbonyl (C=O) groups is 3. The van der Waals surface area contributed by atoms with E-state index in [1.807, 2.05) is 6.08 Å². The molecule has 3 aliphatic heterocycles. The molecule has 0 spiro atoms. The Bertz CT molecular complexity index is 1910. The third-order valence-electron chi connectivity index (χ3n) is 17.2. The number of hydrogen-bond donors (Lipinski definition) is 15. The summed E-state index contributed by atoms with van der Waals surface area (Å²) in [6, 6.07) is -2.81. The molecule has 0 aromatic carbocycles. The first-order valence-electron chi connectivity index (χ1n) is 33.9. The van der Waals surface area contributed by atoms with Crippen LogP contribution >= 0.6 is 0 Å². The lowest BCUT2D eigenvalue weighted by molar-refractivity contribution is -0.411. The number of hydrogen-bond acceptors (Lipinski definition) is 22. The average Bonchev–Trinajstić information content (AvgIpc) is 1.64. The number of aliphatic hydroxyl groups excluding tert-OH is 12. The Kier molecular flexibility index (Phi) is 45.1. The van der Waals surface area contributed by atoms with Gasteiger partial charge >= 0.3 is 0 Å². The second-order valence-electron chi connectivity index (χ2n) is 24.7. The number of unbranched alkanes of at least 4 members (excludes halogenated alkanes) is 28. The van der Waals surface area contributed by atoms with Gasteiger partial charge in [-0.05, 0) is 44.9 Å². The molecule has 18 atom stereocenters. The lowest BCUT2D eigenvalue weighted by Crippen LogP contribution is -2.72. The van der Waals surface area contributed by atoms with Gasteiger partial charge in [-0.1, -0.05) is 192 Å². The number of aliphatic carboxylic acids is 1. The molecule has 0 unspecified atom stereocenters. The van der Waals surface area contributed by atoms with Crippen LogP contribution in [0.1, 0.15) is 226 Å². The van der Waals surface area contributed by atoms with Crippen molar-refractivity contribution in [3.8, 4) is 0 Å². The average molecular weight is 1300 g/mol. The van der Waals surface area contributed by atoms with Crippen molar-refractivity contribution in [3.05, 3.63) is 24.3 Å². The van der Waals surface area contributed by atoms with Gasteiger partial charge in [0.2, 0.25) is 17.6 Å². The van der Waals surface area contributed by atoms with Crippen molar-refractivity contribution in [1.29, 1.82) is 0 Å². The minimum absolute atomic E-state index is 0. The van der Waals surface area contributed by atoms with E-state index < -0.39 is 161 Å². The van der Waals surface area contributed by atoms with E-state index >= 15 is 0 Å². The Morgan fingerprint density at radius 3 is 1.54 bits per heavy atom. The number of ether oxygens (including phenoxy) is 6. The molecule has 0 bridgehead atoms. The fraction of sp³-hybridized carbons (Fsp3) is 0.892. The maximum atomic E-state index is 13.4. The van der Waals surface area contributed by atoms with Crippen molar-refractivity contribution in [2.24, 2.45) is 0 Å². The first-order chi connectivity index (χ1) is 42.9. The molecular weight excluding hydrogens is 1170 g/mol. The zero-order valence-electron chi connectivity index (χ0n) is 54.4. The summed E-state index contributed by atoms with van der Waals surface area (Å²) in [5, 5.41) is 147. The number of nitrogens with one attached hydrogen (secondary N) is 2. The highest BCUT2D eigenvalue weighted by Gasteiger charge is 2.58. The number of carboxylic acids is 1. The highest BCUT2D eigenvalue weighted by Crippen LogP contribution is 2.38. The highest BCUT2D eigenvalue weighted by atomic mass is 16.8. The summed E-state index contributed by atoms with van der Waals surface area (Å²) in [5.41, 5.74) is 0. The molecule has 3 fully saturated rings. The van der Waals surface area contributed by atoms with Crippen LogP contribution < -0.4 is 21.9 Å². The lowest BCUT2D eigenvalue weighted by Gasteiger charge is -2.52. The molecule has 528 valence electrons. The van der Waals surface area contributed by atoms with Gasteiger partial charge in [0.1, 0.15) is 79.7 Å². The van der Waals surface area contributed by atoms with Crippen LogP contribution in [0.15, 0.2) is 24.3 Å². The molecule has 0 aromatic rings. The first-order valence-corrected chi connectivity index (χ1v) is 33.9. The molecule has 3 saturated heterocycles. The topological polar surface area (TPSA) is 433 Å². The standard InChI is InChI=1S/C65H118N2O22.H3N/c1-3-5-7-9-11-13-15-17-18-19-20-21-22-23-24-26-28-30-32-34-36-38-51(75)66-45(46(72)37-35-33-31-29-27-25-16-14-12-10-8-6-4-2)44-84-62-57(80)56(79)59(50(42-70)86-62)87-63-58(81)61(55(78)49(41-69)85-63)89-65(64(82)83)39-47(73)53(67-52(76)43-71)60(88-65)54(77)48(74)40-68;/h17-18,35,37,45-50,53-63,68-74,77-81H,3-16,19-34,36,38-44H2,1-2H3,(H,66,75)(H,67,76)(H,82,83);1H3/b18-17-,37-35+;/t45-,46+,47-,48+,49+,50+,53+,54+,55-,56+,57+,58+,59+,60+,61-,62+,63-,65-;/m0./s1. The van der Waals surface area contributed by atoms with Crippen molar-refractivity contribution in [2.45, 2.75) is 336 Å². The third-order valence-corrected chi connectivity index (χ3v) is 17.2. The van der Waals surface area contributed by atoms with E-state index in [0.717, 1.165) is 44.9 Å². The SMILES string of the molecule is CCCCCCCC/C=C\CCCCCCCCCCCCCC(=O)N[C@@H](CO[C@@H]1O[C@H](CO)[C@@H](O[C@@H]2O[C@H](CO)[C@H](O)[C@H](O[C@]3(C(=O)[O-])C[C@H](O)[C@@H](NC(=O)CO)[C@H]([C@H](O)[C@H](O)CO)O3)[C@H]2O)[C@H](O)[C@H]1O)[C@H](O)/C=C/CCCCCCCCCCCCC.[NH4+]. The summed E-state index contributed by atoms with van der Waals surface area (Å²) < 4.78 is 34.5. The van der Waals surface area contributed by atoms with E-state index in [0.29, 0.717) is 12.8 Å². The van der Waals surface area contributed by atoms with Gasteiger partial charge < -0.3 is 116 Å². The van der Waals surface area contributed by atoms with Crippen molar-refractivity contribution in [3.63, 3.8) is 0 Å². The second-order valence-corrected chi connectivity index (χ2v) is 24.7. The number of rotatable bonds is 51. The Labute approximate surface area is 534 Å². The zero-order valence-corrected chi connectivity index (χ0v) is 54.4. The van der Waals surface area contributed by atoms with E-state index in [4.69, 9.17) is 28.4 Å².